The number of likely N-dealkylation sites (tertiary alicyclic amines) is 1. The highest BCUT2D eigenvalue weighted by molar-refractivity contribution is 5.89. The lowest BCUT2D eigenvalue weighted by Gasteiger charge is -2.38. The van der Waals surface area contributed by atoms with Crippen LogP contribution in [-0.2, 0) is 0 Å². The molecule has 2 aliphatic rings. The number of hydrogen-bond donors (Lipinski definition) is 1. The molecule has 0 aliphatic carbocycles. The molecule has 1 atom stereocenters. The third kappa shape index (κ3) is 4.95. The average molecular weight is 362 g/mol. The minimum Gasteiger partial charge on any atom is -0.322 e. The molecule has 6 heteroatoms. The maximum Gasteiger partial charge on any atom is 0.322 e. The summed E-state index contributed by atoms with van der Waals surface area (Å²) in [5, 5.41) is 2.79. The topological polar surface area (TPSA) is 38.8 Å². The number of carbonyl (C=O) groups excluding carboxylic acids is 1. The quantitative estimate of drug-likeness (QED) is 0.894. The van der Waals surface area contributed by atoms with Crippen LogP contribution in [0.1, 0.15) is 31.2 Å². The molecule has 0 aromatic heterocycles. The molecule has 5 nitrogen and oxygen atoms in total. The fourth-order valence-electron chi connectivity index (χ4n) is 3.89. The van der Waals surface area contributed by atoms with Gasteiger partial charge in [-0.25, -0.2) is 9.18 Å². The van der Waals surface area contributed by atoms with Gasteiger partial charge >= 0.3 is 6.03 Å². The minimum atomic E-state index is -0.380. The van der Waals surface area contributed by atoms with Crippen molar-refractivity contribution in [1.29, 1.82) is 0 Å². The zero-order valence-electron chi connectivity index (χ0n) is 16.0. The number of carbonyl (C=O) groups is 1. The van der Waals surface area contributed by atoms with Gasteiger partial charge in [0.05, 0.1) is 5.69 Å². The molecule has 0 radical (unpaired) electrons. The Morgan fingerprint density at radius 1 is 1.19 bits per heavy atom. The first kappa shape index (κ1) is 19.1. The van der Waals surface area contributed by atoms with Crippen LogP contribution >= 0.6 is 0 Å². The fraction of sp³-hybridized carbons (Fsp3) is 0.650. The summed E-state index contributed by atoms with van der Waals surface area (Å²) in [5.41, 5.74) is 1.21. The summed E-state index contributed by atoms with van der Waals surface area (Å²) in [6.45, 7) is 8.11. The number of nitrogens with zero attached hydrogens (tertiary/aromatic N) is 3. The average Bonchev–Trinajstić information content (AvgIpc) is 2.64. The number of piperazine rings is 1. The summed E-state index contributed by atoms with van der Waals surface area (Å²) >= 11 is 0. The van der Waals surface area contributed by atoms with E-state index in [0.717, 1.165) is 70.5 Å². The van der Waals surface area contributed by atoms with E-state index in [1.807, 2.05) is 11.8 Å². The van der Waals surface area contributed by atoms with Gasteiger partial charge in [0.15, 0.2) is 0 Å². The second-order valence-electron chi connectivity index (χ2n) is 7.69. The van der Waals surface area contributed by atoms with Gasteiger partial charge in [0.2, 0.25) is 0 Å². The Morgan fingerprint density at radius 2 is 1.96 bits per heavy atom. The monoisotopic (exact) mass is 362 g/mol. The number of rotatable bonds is 4. The van der Waals surface area contributed by atoms with E-state index < -0.39 is 0 Å². The number of amides is 2. The van der Waals surface area contributed by atoms with E-state index in [9.17, 15) is 9.18 Å². The smallest absolute Gasteiger partial charge is 0.322 e. The van der Waals surface area contributed by atoms with E-state index in [1.165, 1.54) is 6.07 Å². The van der Waals surface area contributed by atoms with Gasteiger partial charge < -0.3 is 20.0 Å². The molecule has 3 rings (SSSR count). The first-order valence-electron chi connectivity index (χ1n) is 9.77. The summed E-state index contributed by atoms with van der Waals surface area (Å²) in [5.74, 6) is -0.380. The number of benzene rings is 1. The minimum absolute atomic E-state index is 0.169. The van der Waals surface area contributed by atoms with Gasteiger partial charge in [-0.3, -0.25) is 0 Å². The van der Waals surface area contributed by atoms with E-state index in [2.05, 4.69) is 22.2 Å². The summed E-state index contributed by atoms with van der Waals surface area (Å²) in [4.78, 5) is 19.5. The van der Waals surface area contributed by atoms with Crippen molar-refractivity contribution in [3.63, 3.8) is 0 Å². The molecule has 1 N–H and O–H groups in total. The van der Waals surface area contributed by atoms with Gasteiger partial charge in [-0.05, 0) is 57.4 Å². The van der Waals surface area contributed by atoms with Crippen molar-refractivity contribution >= 4 is 11.7 Å². The van der Waals surface area contributed by atoms with Crippen molar-refractivity contribution in [2.45, 2.75) is 38.6 Å². The molecule has 0 spiro atoms. The van der Waals surface area contributed by atoms with Crippen LogP contribution in [0.25, 0.3) is 0 Å². The standard InChI is InChI=1S/C20H31FN4O/c1-16-6-7-18(21)19(15-16)22-20(26)25-9-4-3-5-17(25)8-10-24-13-11-23(2)12-14-24/h6-7,15,17H,3-5,8-14H2,1-2H3,(H,22,26)/t17-/m0/s1. The molecule has 2 fully saturated rings. The van der Waals surface area contributed by atoms with E-state index in [4.69, 9.17) is 0 Å². The first-order valence-corrected chi connectivity index (χ1v) is 9.77. The van der Waals surface area contributed by atoms with Gasteiger partial charge in [0.25, 0.3) is 0 Å². The second kappa shape index (κ2) is 8.82. The number of likely N-dealkylation sites (N-methyl/N-ethyl adjacent to an activating group) is 1. The highest BCUT2D eigenvalue weighted by Gasteiger charge is 2.28. The van der Waals surface area contributed by atoms with Crippen LogP contribution in [0, 0.1) is 12.7 Å². The maximum atomic E-state index is 14.0. The molecule has 144 valence electrons. The van der Waals surface area contributed by atoms with Crippen molar-refractivity contribution in [3.05, 3.63) is 29.6 Å². The SMILES string of the molecule is Cc1ccc(F)c(NC(=O)N2CCCC[C@H]2CCN2CCN(C)CC2)c1. The van der Waals surface area contributed by atoms with Crippen molar-refractivity contribution in [2.75, 3.05) is 51.6 Å². The van der Waals surface area contributed by atoms with Crippen molar-refractivity contribution in [1.82, 2.24) is 14.7 Å². The van der Waals surface area contributed by atoms with Gasteiger partial charge in [-0.2, -0.15) is 0 Å². The van der Waals surface area contributed by atoms with Crippen LogP contribution in [0.3, 0.4) is 0 Å². The van der Waals surface area contributed by atoms with Crippen LogP contribution in [0.4, 0.5) is 14.9 Å². The van der Waals surface area contributed by atoms with Crippen LogP contribution in [-0.4, -0.2) is 73.1 Å². The van der Waals surface area contributed by atoms with Crippen molar-refractivity contribution < 1.29 is 9.18 Å². The number of halogens is 1. The fourth-order valence-corrected chi connectivity index (χ4v) is 3.89. The lowest BCUT2D eigenvalue weighted by atomic mass is 9.99. The van der Waals surface area contributed by atoms with E-state index in [-0.39, 0.29) is 23.6 Å². The van der Waals surface area contributed by atoms with Gasteiger partial charge in [0.1, 0.15) is 5.82 Å². The molecule has 0 bridgehead atoms. The molecule has 1 aromatic rings. The lowest BCUT2D eigenvalue weighted by molar-refractivity contribution is 0.122. The van der Waals surface area contributed by atoms with Crippen LogP contribution in [0.2, 0.25) is 0 Å². The summed E-state index contributed by atoms with van der Waals surface area (Å²) in [7, 11) is 2.16. The van der Waals surface area contributed by atoms with Gasteiger partial charge in [0, 0.05) is 45.3 Å². The van der Waals surface area contributed by atoms with Crippen LogP contribution in [0.15, 0.2) is 18.2 Å². The van der Waals surface area contributed by atoms with Crippen molar-refractivity contribution in [3.8, 4) is 0 Å². The predicted octanol–water partition coefficient (Wildman–Crippen LogP) is 3.16. The highest BCUT2D eigenvalue weighted by atomic mass is 19.1. The Labute approximate surface area is 156 Å². The first-order chi connectivity index (χ1) is 12.5. The summed E-state index contributed by atoms with van der Waals surface area (Å²) in [6, 6.07) is 4.89. The van der Waals surface area contributed by atoms with Crippen LogP contribution in [0.5, 0.6) is 0 Å². The van der Waals surface area contributed by atoms with E-state index in [1.54, 1.807) is 12.1 Å². The molecular formula is C20H31FN4O. The number of piperidine rings is 1. The third-order valence-electron chi connectivity index (χ3n) is 5.63. The number of hydrogen-bond acceptors (Lipinski definition) is 3. The molecule has 2 aliphatic heterocycles. The Balaban J connectivity index is 1.57. The van der Waals surface area contributed by atoms with Gasteiger partial charge in [-0.1, -0.05) is 6.07 Å². The molecule has 0 saturated carbocycles. The maximum absolute atomic E-state index is 14.0. The second-order valence-corrected chi connectivity index (χ2v) is 7.69. The number of anilines is 1. The molecule has 2 heterocycles. The highest BCUT2D eigenvalue weighted by Crippen LogP contribution is 2.23. The molecule has 26 heavy (non-hydrogen) atoms. The van der Waals surface area contributed by atoms with Crippen molar-refractivity contribution in [2.24, 2.45) is 0 Å². The normalized spacial score (nSPS) is 22.4. The lowest BCUT2D eigenvalue weighted by Crippen LogP contribution is -2.49. The van der Waals surface area contributed by atoms with E-state index >= 15 is 0 Å². The number of aryl methyl sites for hydroxylation is 1. The summed E-state index contributed by atoms with van der Waals surface area (Å²) < 4.78 is 14.0. The Bertz CT molecular complexity index is 616. The third-order valence-corrected chi connectivity index (χ3v) is 5.63. The predicted molar refractivity (Wildman–Crippen MR) is 103 cm³/mol. The molecule has 1 aromatic carbocycles. The Hall–Kier alpha value is -1.66. The van der Waals surface area contributed by atoms with Crippen LogP contribution < -0.4 is 5.32 Å². The molecular weight excluding hydrogens is 331 g/mol. The number of urea groups is 1. The van der Waals surface area contributed by atoms with Gasteiger partial charge in [-0.15, -0.1) is 0 Å². The Kier molecular flexibility index (Phi) is 6.48. The number of nitrogens with one attached hydrogen (secondary N) is 1. The Morgan fingerprint density at radius 3 is 2.73 bits per heavy atom. The summed E-state index contributed by atoms with van der Waals surface area (Å²) in [6.07, 6.45) is 4.22. The zero-order valence-corrected chi connectivity index (χ0v) is 16.0. The zero-order chi connectivity index (χ0) is 18.5. The molecule has 0 unspecified atom stereocenters. The molecule has 2 saturated heterocycles. The largest absolute Gasteiger partial charge is 0.322 e. The van der Waals surface area contributed by atoms with E-state index in [0.29, 0.717) is 0 Å². The molecule has 2 amide bonds.